The summed E-state index contributed by atoms with van der Waals surface area (Å²) in [5, 5.41) is 6.62. The highest BCUT2D eigenvalue weighted by molar-refractivity contribution is 9.10. The molecular weight excluding hydrogens is 538 g/mol. The number of anilines is 3. The Hall–Kier alpha value is -4.38. The molecule has 0 aliphatic carbocycles. The lowest BCUT2D eigenvalue weighted by atomic mass is 10.2. The molecule has 0 aliphatic heterocycles. The Morgan fingerprint density at radius 1 is 0.865 bits per heavy atom. The number of hydrogen-bond donors (Lipinski definition) is 2. The van der Waals surface area contributed by atoms with Crippen molar-refractivity contribution in [2.75, 3.05) is 32.0 Å². The van der Waals surface area contributed by atoms with Gasteiger partial charge in [-0.15, -0.1) is 0 Å². The first-order valence-electron chi connectivity index (χ1n) is 11.3. The van der Waals surface area contributed by atoms with Gasteiger partial charge in [0.1, 0.15) is 6.33 Å². The van der Waals surface area contributed by atoms with Crippen molar-refractivity contribution in [1.29, 1.82) is 0 Å². The molecule has 37 heavy (non-hydrogen) atoms. The molecule has 0 aliphatic rings. The van der Waals surface area contributed by atoms with Gasteiger partial charge < -0.3 is 24.8 Å². The fourth-order valence-electron chi connectivity index (χ4n) is 3.91. The summed E-state index contributed by atoms with van der Waals surface area (Å²) in [5.41, 5.74) is 3.45. The molecule has 2 aromatic heterocycles. The third-order valence-corrected chi connectivity index (χ3v) is 6.07. The highest BCUT2D eigenvalue weighted by Crippen LogP contribution is 2.40. The maximum absolute atomic E-state index is 5.45. The number of halogens is 1. The van der Waals surface area contributed by atoms with E-state index in [0.29, 0.717) is 47.3 Å². The van der Waals surface area contributed by atoms with E-state index in [2.05, 4.69) is 47.6 Å². The standard InChI is InChI=1S/C26H24BrN7O3/c1-35-21-12-18(13-22(36-2)23(21)37-3)31-24-29-15-30-26(33-24)34-20-10-5-4-9-19(20)32-25(34)28-14-16-7-6-8-17(27)11-16/h4-13,15H,14H2,1-3H3,(H,28,32)(H,29,30,31,33). The van der Waals surface area contributed by atoms with Crippen LogP contribution in [0.5, 0.6) is 17.2 Å². The van der Waals surface area contributed by atoms with Crippen molar-refractivity contribution in [2.24, 2.45) is 0 Å². The average Bonchev–Trinajstić information content (AvgIpc) is 3.30. The second-order valence-corrected chi connectivity index (χ2v) is 8.81. The molecule has 3 aromatic carbocycles. The monoisotopic (exact) mass is 561 g/mol. The molecule has 0 radical (unpaired) electrons. The van der Waals surface area contributed by atoms with Crippen LogP contribution in [0.1, 0.15) is 5.56 Å². The van der Waals surface area contributed by atoms with Gasteiger partial charge in [0.25, 0.3) is 0 Å². The minimum Gasteiger partial charge on any atom is -0.493 e. The lowest BCUT2D eigenvalue weighted by Gasteiger charge is -2.15. The summed E-state index contributed by atoms with van der Waals surface area (Å²) in [4.78, 5) is 18.2. The fraction of sp³-hybridized carbons (Fsp3) is 0.154. The Morgan fingerprint density at radius 3 is 2.38 bits per heavy atom. The molecule has 11 heteroatoms. The van der Waals surface area contributed by atoms with Crippen LogP contribution in [0.3, 0.4) is 0 Å². The summed E-state index contributed by atoms with van der Waals surface area (Å²) < 4.78 is 19.2. The fourth-order valence-corrected chi connectivity index (χ4v) is 4.36. The number of hydrogen-bond acceptors (Lipinski definition) is 9. The van der Waals surface area contributed by atoms with Crippen molar-refractivity contribution in [1.82, 2.24) is 24.5 Å². The summed E-state index contributed by atoms with van der Waals surface area (Å²) in [6.07, 6.45) is 1.45. The van der Waals surface area contributed by atoms with E-state index in [-0.39, 0.29) is 0 Å². The maximum Gasteiger partial charge on any atom is 0.241 e. The van der Waals surface area contributed by atoms with Gasteiger partial charge in [-0.2, -0.15) is 4.98 Å². The SMILES string of the molecule is COc1cc(Nc2ncnc(-n3c(NCc4cccc(Br)c4)nc4ccccc43)n2)cc(OC)c1OC. The van der Waals surface area contributed by atoms with Crippen LogP contribution in [0.25, 0.3) is 17.0 Å². The quantitative estimate of drug-likeness (QED) is 0.246. The van der Waals surface area contributed by atoms with Crippen LogP contribution in [0, 0.1) is 0 Å². The zero-order valence-corrected chi connectivity index (χ0v) is 22.0. The number of aromatic nitrogens is 5. The highest BCUT2D eigenvalue weighted by atomic mass is 79.9. The Morgan fingerprint density at radius 2 is 1.65 bits per heavy atom. The predicted octanol–water partition coefficient (Wildman–Crippen LogP) is 5.35. The molecule has 0 saturated carbocycles. The summed E-state index contributed by atoms with van der Waals surface area (Å²) in [6.45, 7) is 0.574. The number of methoxy groups -OCH3 is 3. The molecule has 0 spiro atoms. The normalized spacial score (nSPS) is 10.8. The molecule has 10 nitrogen and oxygen atoms in total. The Kier molecular flexibility index (Phi) is 7.04. The van der Waals surface area contributed by atoms with Crippen molar-refractivity contribution in [3.63, 3.8) is 0 Å². The number of nitrogens with zero attached hydrogens (tertiary/aromatic N) is 5. The van der Waals surface area contributed by atoms with Crippen LogP contribution in [0.4, 0.5) is 17.6 Å². The van der Waals surface area contributed by atoms with Gasteiger partial charge in [0.15, 0.2) is 11.5 Å². The predicted molar refractivity (Wildman–Crippen MR) is 145 cm³/mol. The highest BCUT2D eigenvalue weighted by Gasteiger charge is 2.17. The van der Waals surface area contributed by atoms with E-state index in [9.17, 15) is 0 Å². The molecule has 5 rings (SSSR count). The molecule has 0 atom stereocenters. The number of fused-ring (bicyclic) bond motifs is 1. The molecule has 5 aromatic rings. The number of para-hydroxylation sites is 2. The number of rotatable bonds is 9. The molecule has 0 bridgehead atoms. The van der Waals surface area contributed by atoms with Gasteiger partial charge in [0.2, 0.25) is 23.6 Å². The van der Waals surface area contributed by atoms with E-state index in [1.165, 1.54) is 6.33 Å². The van der Waals surface area contributed by atoms with Crippen LogP contribution in [-0.2, 0) is 6.54 Å². The van der Waals surface area contributed by atoms with E-state index in [0.717, 1.165) is 21.1 Å². The first-order valence-corrected chi connectivity index (χ1v) is 12.1. The molecule has 0 amide bonds. The summed E-state index contributed by atoms with van der Waals surface area (Å²) in [6, 6.07) is 19.5. The number of imidazole rings is 1. The Labute approximate surface area is 221 Å². The molecule has 188 valence electrons. The second-order valence-electron chi connectivity index (χ2n) is 7.89. The minimum atomic E-state index is 0.343. The minimum absolute atomic E-state index is 0.343. The van der Waals surface area contributed by atoms with Crippen LogP contribution < -0.4 is 24.8 Å². The van der Waals surface area contributed by atoms with Gasteiger partial charge in [-0.25, -0.2) is 19.5 Å². The molecule has 0 fully saturated rings. The molecule has 0 unspecified atom stereocenters. The van der Waals surface area contributed by atoms with Gasteiger partial charge in [-0.1, -0.05) is 40.2 Å². The van der Waals surface area contributed by atoms with E-state index in [1.807, 2.05) is 47.0 Å². The van der Waals surface area contributed by atoms with Gasteiger partial charge in [-0.3, -0.25) is 0 Å². The smallest absolute Gasteiger partial charge is 0.241 e. The van der Waals surface area contributed by atoms with Crippen molar-refractivity contribution >= 4 is 44.5 Å². The van der Waals surface area contributed by atoms with Crippen molar-refractivity contribution in [2.45, 2.75) is 6.54 Å². The van der Waals surface area contributed by atoms with Gasteiger partial charge in [-0.05, 0) is 29.8 Å². The molecular formula is C26H24BrN7O3. The summed E-state index contributed by atoms with van der Waals surface area (Å²) in [7, 11) is 4.69. The summed E-state index contributed by atoms with van der Waals surface area (Å²) >= 11 is 3.52. The van der Waals surface area contributed by atoms with Gasteiger partial charge >= 0.3 is 0 Å². The van der Waals surface area contributed by atoms with Crippen LogP contribution >= 0.6 is 15.9 Å². The third kappa shape index (κ3) is 5.12. The van der Waals surface area contributed by atoms with Gasteiger partial charge in [0, 0.05) is 28.8 Å². The van der Waals surface area contributed by atoms with Crippen LogP contribution in [-0.4, -0.2) is 45.8 Å². The lowest BCUT2D eigenvalue weighted by Crippen LogP contribution is -2.10. The van der Waals surface area contributed by atoms with E-state index in [4.69, 9.17) is 19.2 Å². The third-order valence-electron chi connectivity index (χ3n) is 5.58. The first-order chi connectivity index (χ1) is 18.1. The van der Waals surface area contributed by atoms with E-state index in [1.54, 1.807) is 33.5 Å². The van der Waals surface area contributed by atoms with Crippen molar-refractivity contribution < 1.29 is 14.2 Å². The van der Waals surface area contributed by atoms with Crippen molar-refractivity contribution in [3.05, 3.63) is 77.0 Å². The number of nitrogens with one attached hydrogen (secondary N) is 2. The maximum atomic E-state index is 5.45. The van der Waals surface area contributed by atoms with Crippen molar-refractivity contribution in [3.8, 4) is 23.2 Å². The Bertz CT molecular complexity index is 1530. The first kappa shape index (κ1) is 24.3. The number of ether oxygens (including phenoxy) is 3. The Balaban J connectivity index is 1.50. The zero-order valence-electron chi connectivity index (χ0n) is 20.4. The van der Waals surface area contributed by atoms with Crippen LogP contribution in [0.2, 0.25) is 0 Å². The van der Waals surface area contributed by atoms with E-state index < -0.39 is 0 Å². The lowest BCUT2D eigenvalue weighted by molar-refractivity contribution is 0.324. The molecule has 2 N–H and O–H groups in total. The average molecular weight is 562 g/mol. The number of benzene rings is 3. The topological polar surface area (TPSA) is 108 Å². The van der Waals surface area contributed by atoms with Gasteiger partial charge in [0.05, 0.1) is 32.4 Å². The van der Waals surface area contributed by atoms with E-state index >= 15 is 0 Å². The molecule has 2 heterocycles. The van der Waals surface area contributed by atoms with Crippen LogP contribution in [0.15, 0.2) is 71.5 Å². The second kappa shape index (κ2) is 10.7. The largest absolute Gasteiger partial charge is 0.493 e. The zero-order chi connectivity index (χ0) is 25.8. The molecule has 0 saturated heterocycles. The summed E-state index contributed by atoms with van der Waals surface area (Å²) in [5.74, 6) is 2.89.